The van der Waals surface area contributed by atoms with Crippen molar-refractivity contribution in [3.8, 4) is 23.0 Å². The number of fused-ring (bicyclic) bond motifs is 2. The molecule has 0 spiro atoms. The third-order valence-electron chi connectivity index (χ3n) is 4.72. The first kappa shape index (κ1) is 20.8. The second-order valence-electron chi connectivity index (χ2n) is 7.05. The van der Waals surface area contributed by atoms with Gasteiger partial charge in [-0.2, -0.15) is 0 Å². The van der Waals surface area contributed by atoms with Crippen molar-refractivity contribution in [3.63, 3.8) is 0 Å². The molecule has 0 aromatic heterocycles. The SMILES string of the molecule is O=C(OCCCOC(=O)c1ccc2c(c1)OCCCO2)c1ccc2c(c1)OCCCO2. The molecule has 8 heteroatoms. The van der Waals surface area contributed by atoms with Crippen molar-refractivity contribution < 1.29 is 38.0 Å². The number of esters is 2. The second kappa shape index (κ2) is 10.1. The van der Waals surface area contributed by atoms with Crippen LogP contribution in [-0.2, 0) is 9.47 Å². The number of hydrogen-bond donors (Lipinski definition) is 0. The fraction of sp³-hybridized carbons (Fsp3) is 0.391. The molecule has 0 saturated carbocycles. The maximum absolute atomic E-state index is 12.2. The van der Waals surface area contributed by atoms with E-state index in [2.05, 4.69) is 0 Å². The number of benzene rings is 2. The second-order valence-corrected chi connectivity index (χ2v) is 7.05. The Hall–Kier alpha value is -3.42. The predicted molar refractivity (Wildman–Crippen MR) is 109 cm³/mol. The molecule has 0 atom stereocenters. The summed E-state index contributed by atoms with van der Waals surface area (Å²) >= 11 is 0. The highest BCUT2D eigenvalue weighted by molar-refractivity contribution is 5.91. The zero-order chi connectivity index (χ0) is 21.5. The van der Waals surface area contributed by atoms with Gasteiger partial charge in [0.25, 0.3) is 0 Å². The minimum atomic E-state index is -0.468. The summed E-state index contributed by atoms with van der Waals surface area (Å²) < 4.78 is 32.8. The Kier molecular flexibility index (Phi) is 6.76. The van der Waals surface area contributed by atoms with E-state index >= 15 is 0 Å². The Labute approximate surface area is 179 Å². The van der Waals surface area contributed by atoms with Crippen molar-refractivity contribution in [3.05, 3.63) is 47.5 Å². The summed E-state index contributed by atoms with van der Waals surface area (Å²) in [4.78, 5) is 24.5. The van der Waals surface area contributed by atoms with E-state index in [1.54, 1.807) is 36.4 Å². The van der Waals surface area contributed by atoms with Crippen LogP contribution in [-0.4, -0.2) is 51.6 Å². The molecule has 31 heavy (non-hydrogen) atoms. The zero-order valence-corrected chi connectivity index (χ0v) is 17.1. The van der Waals surface area contributed by atoms with Gasteiger partial charge in [-0.05, 0) is 36.4 Å². The van der Waals surface area contributed by atoms with E-state index in [1.165, 1.54) is 0 Å². The summed E-state index contributed by atoms with van der Waals surface area (Å²) in [7, 11) is 0. The fourth-order valence-corrected chi connectivity index (χ4v) is 3.14. The van der Waals surface area contributed by atoms with Gasteiger partial charge in [0.05, 0.1) is 50.8 Å². The van der Waals surface area contributed by atoms with E-state index in [9.17, 15) is 9.59 Å². The molecule has 0 amide bonds. The molecule has 2 aromatic carbocycles. The maximum atomic E-state index is 12.2. The van der Waals surface area contributed by atoms with Gasteiger partial charge in [-0.3, -0.25) is 0 Å². The average Bonchev–Trinajstić information content (AvgIpc) is 3.17. The van der Waals surface area contributed by atoms with Gasteiger partial charge >= 0.3 is 11.9 Å². The van der Waals surface area contributed by atoms with Gasteiger partial charge in [-0.25, -0.2) is 9.59 Å². The summed E-state index contributed by atoms with van der Waals surface area (Å²) in [6, 6.07) is 9.92. The van der Waals surface area contributed by atoms with Gasteiger partial charge in [0.1, 0.15) is 0 Å². The molecule has 0 saturated heterocycles. The first-order valence-electron chi connectivity index (χ1n) is 10.3. The van der Waals surface area contributed by atoms with Crippen LogP contribution < -0.4 is 18.9 Å². The molecule has 4 rings (SSSR count). The van der Waals surface area contributed by atoms with E-state index in [-0.39, 0.29) is 13.2 Å². The van der Waals surface area contributed by atoms with Crippen LogP contribution in [0.25, 0.3) is 0 Å². The molecule has 0 N–H and O–H groups in total. The molecule has 2 aliphatic heterocycles. The van der Waals surface area contributed by atoms with Gasteiger partial charge in [0.2, 0.25) is 0 Å². The standard InChI is InChI=1S/C23H24O8/c24-22(16-4-6-18-20(14-16)28-10-1-8-26-18)30-12-3-13-31-23(25)17-5-7-19-21(15-17)29-11-2-9-27-19/h4-7,14-15H,1-3,8-13H2. The lowest BCUT2D eigenvalue weighted by Gasteiger charge is -2.10. The van der Waals surface area contributed by atoms with Crippen molar-refractivity contribution in [1.82, 2.24) is 0 Å². The molecule has 2 aliphatic rings. The van der Waals surface area contributed by atoms with E-state index < -0.39 is 11.9 Å². The van der Waals surface area contributed by atoms with Crippen LogP contribution in [0.2, 0.25) is 0 Å². The van der Waals surface area contributed by atoms with E-state index in [1.807, 2.05) is 0 Å². The van der Waals surface area contributed by atoms with Gasteiger partial charge < -0.3 is 28.4 Å². The van der Waals surface area contributed by atoms with Crippen LogP contribution in [0.3, 0.4) is 0 Å². The third kappa shape index (κ3) is 5.39. The van der Waals surface area contributed by atoms with Crippen molar-refractivity contribution in [2.24, 2.45) is 0 Å². The lowest BCUT2D eigenvalue weighted by molar-refractivity contribution is 0.0395. The molecule has 2 aromatic rings. The van der Waals surface area contributed by atoms with Gasteiger partial charge in [-0.1, -0.05) is 0 Å². The lowest BCUT2D eigenvalue weighted by atomic mass is 10.2. The normalized spacial score (nSPS) is 14.7. The topological polar surface area (TPSA) is 89.5 Å². The molecule has 0 bridgehead atoms. The van der Waals surface area contributed by atoms with Crippen molar-refractivity contribution >= 4 is 11.9 Å². The minimum Gasteiger partial charge on any atom is -0.490 e. The maximum Gasteiger partial charge on any atom is 0.338 e. The van der Waals surface area contributed by atoms with Crippen LogP contribution in [0, 0.1) is 0 Å². The van der Waals surface area contributed by atoms with E-state index in [0.717, 1.165) is 12.8 Å². The molecular weight excluding hydrogens is 404 g/mol. The Balaban J connectivity index is 1.21. The van der Waals surface area contributed by atoms with Crippen LogP contribution >= 0.6 is 0 Å². The Morgan fingerprint density at radius 2 is 1.06 bits per heavy atom. The van der Waals surface area contributed by atoms with Crippen LogP contribution in [0.4, 0.5) is 0 Å². The molecule has 0 radical (unpaired) electrons. The minimum absolute atomic E-state index is 0.127. The molecule has 0 fully saturated rings. The largest absolute Gasteiger partial charge is 0.490 e. The monoisotopic (exact) mass is 428 g/mol. The number of rotatable bonds is 6. The average molecular weight is 428 g/mol. The highest BCUT2D eigenvalue weighted by Gasteiger charge is 2.16. The number of ether oxygens (including phenoxy) is 6. The van der Waals surface area contributed by atoms with Gasteiger partial charge in [0, 0.05) is 19.3 Å². The summed E-state index contributed by atoms with van der Waals surface area (Å²) in [5.41, 5.74) is 0.766. The van der Waals surface area contributed by atoms with Crippen LogP contribution in [0.15, 0.2) is 36.4 Å². The smallest absolute Gasteiger partial charge is 0.338 e. The molecule has 0 aliphatic carbocycles. The first-order valence-corrected chi connectivity index (χ1v) is 10.3. The third-order valence-corrected chi connectivity index (χ3v) is 4.72. The van der Waals surface area contributed by atoms with Crippen LogP contribution in [0.5, 0.6) is 23.0 Å². The predicted octanol–water partition coefficient (Wildman–Crippen LogP) is 3.41. The molecule has 164 valence electrons. The highest BCUT2D eigenvalue weighted by atomic mass is 16.6. The van der Waals surface area contributed by atoms with Crippen molar-refractivity contribution in [2.75, 3.05) is 39.6 Å². The Morgan fingerprint density at radius 3 is 1.52 bits per heavy atom. The number of carbonyl (C=O) groups is 2. The quantitative estimate of drug-likeness (QED) is 0.511. The fourth-order valence-electron chi connectivity index (χ4n) is 3.14. The summed E-state index contributed by atoms with van der Waals surface area (Å²) in [5.74, 6) is 1.38. The highest BCUT2D eigenvalue weighted by Crippen LogP contribution is 2.31. The summed E-state index contributed by atoms with van der Waals surface area (Å²) in [6.45, 7) is 2.51. The van der Waals surface area contributed by atoms with Crippen LogP contribution in [0.1, 0.15) is 40.0 Å². The van der Waals surface area contributed by atoms with E-state index in [4.69, 9.17) is 28.4 Å². The Bertz CT molecular complexity index is 864. The molecule has 0 unspecified atom stereocenters. The lowest BCUT2D eigenvalue weighted by Crippen LogP contribution is -2.11. The summed E-state index contributed by atoms with van der Waals surface area (Å²) in [5, 5.41) is 0. The first-order chi connectivity index (χ1) is 15.2. The number of carbonyl (C=O) groups excluding carboxylic acids is 2. The van der Waals surface area contributed by atoms with E-state index in [0.29, 0.717) is 67.0 Å². The van der Waals surface area contributed by atoms with Gasteiger partial charge in [-0.15, -0.1) is 0 Å². The van der Waals surface area contributed by atoms with Crippen molar-refractivity contribution in [1.29, 1.82) is 0 Å². The molecule has 2 heterocycles. The summed E-state index contributed by atoms with van der Waals surface area (Å²) in [6.07, 6.45) is 1.96. The Morgan fingerprint density at radius 1 is 0.645 bits per heavy atom. The molecular formula is C23H24O8. The molecule has 8 nitrogen and oxygen atoms in total. The van der Waals surface area contributed by atoms with Gasteiger partial charge in [0.15, 0.2) is 23.0 Å². The zero-order valence-electron chi connectivity index (χ0n) is 17.1. The number of hydrogen-bond acceptors (Lipinski definition) is 8. The van der Waals surface area contributed by atoms with Crippen molar-refractivity contribution in [2.45, 2.75) is 19.3 Å².